The summed E-state index contributed by atoms with van der Waals surface area (Å²) in [5.41, 5.74) is -0.586. The molecular formula is C30H26O12. The van der Waals surface area contributed by atoms with Crippen molar-refractivity contribution in [1.29, 1.82) is 0 Å². The van der Waals surface area contributed by atoms with Crippen LogP contribution in [0.5, 0.6) is 57.5 Å². The number of fused-ring (bicyclic) bond motifs is 2. The maximum absolute atomic E-state index is 11.8. The highest BCUT2D eigenvalue weighted by atomic mass is 16.5. The van der Waals surface area contributed by atoms with E-state index in [4.69, 9.17) is 9.47 Å². The van der Waals surface area contributed by atoms with Crippen LogP contribution in [-0.2, 0) is 6.42 Å². The molecule has 0 spiro atoms. The molecule has 5 atom stereocenters. The molecule has 0 radical (unpaired) electrons. The van der Waals surface area contributed by atoms with Crippen LogP contribution in [0.25, 0.3) is 0 Å². The van der Waals surface area contributed by atoms with E-state index in [1.165, 1.54) is 18.2 Å². The molecule has 0 aromatic heterocycles. The molecular weight excluding hydrogens is 552 g/mol. The molecule has 0 saturated heterocycles. The van der Waals surface area contributed by atoms with E-state index in [9.17, 15) is 52.4 Å². The lowest BCUT2D eigenvalue weighted by atomic mass is 9.77. The van der Waals surface area contributed by atoms with Gasteiger partial charge in [-0.15, -0.1) is 0 Å². The summed E-state index contributed by atoms with van der Waals surface area (Å²) < 4.78 is 21.7. The molecule has 0 amide bonds. The van der Waals surface area contributed by atoms with Crippen LogP contribution in [0.3, 0.4) is 0 Å². The fraction of sp³-hybridized carbons (Fsp3) is 0.200. The van der Waals surface area contributed by atoms with Crippen molar-refractivity contribution >= 4 is 0 Å². The van der Waals surface area contributed by atoms with Gasteiger partial charge in [0.1, 0.15) is 46.7 Å². The van der Waals surface area contributed by atoms with Gasteiger partial charge >= 0.3 is 0 Å². The molecule has 2 aliphatic heterocycles. The van der Waals surface area contributed by atoms with E-state index in [1.54, 1.807) is 0 Å². The molecule has 42 heavy (non-hydrogen) atoms. The van der Waals surface area contributed by atoms with Gasteiger partial charge in [0.05, 0.1) is 12.0 Å². The van der Waals surface area contributed by atoms with Gasteiger partial charge in [-0.05, 0) is 35.4 Å². The summed E-state index contributed by atoms with van der Waals surface area (Å²) >= 11 is 0. The number of hydrogen-bond donors (Lipinski definition) is 10. The first-order chi connectivity index (χ1) is 20.3. The van der Waals surface area contributed by atoms with Crippen LogP contribution < -0.4 is 9.47 Å². The predicted molar refractivity (Wildman–Crippen MR) is 143 cm³/mol. The standard InChI is InChI=1S/C30H26O12/c31-13-7-20(37)24-23(8-13)41-29(12-2-4-16(33)19(36)6-12)27(40)26(24)25-21(38)10-17(34)14-9-22(39)28(42-30(14)25)11-1-3-15(32)18(35)5-11/h1-8,10,22,26-29,31-40H,9H2/t22-,26-,27-,28+,29+/m0/s1/i26D. The van der Waals surface area contributed by atoms with Gasteiger partial charge in [0.2, 0.25) is 0 Å². The lowest BCUT2D eigenvalue weighted by Gasteiger charge is -2.40. The minimum absolute atomic E-state index is 0.0384. The van der Waals surface area contributed by atoms with E-state index in [2.05, 4.69) is 0 Å². The van der Waals surface area contributed by atoms with E-state index in [1.807, 2.05) is 0 Å². The molecule has 218 valence electrons. The predicted octanol–water partition coefficient (Wildman–Crippen LogP) is 3.00. The Labute approximate surface area is 238 Å². The van der Waals surface area contributed by atoms with E-state index >= 15 is 0 Å². The van der Waals surface area contributed by atoms with Crippen LogP contribution in [0.4, 0.5) is 0 Å². The van der Waals surface area contributed by atoms with Crippen molar-refractivity contribution in [2.45, 2.75) is 36.7 Å². The molecule has 0 unspecified atom stereocenters. The van der Waals surface area contributed by atoms with Gasteiger partial charge in [0, 0.05) is 42.7 Å². The zero-order chi connectivity index (χ0) is 31.0. The van der Waals surface area contributed by atoms with Crippen LogP contribution in [0.15, 0.2) is 54.6 Å². The number of aliphatic hydroxyl groups excluding tert-OH is 2. The molecule has 2 aliphatic rings. The highest BCUT2D eigenvalue weighted by Crippen LogP contribution is 2.57. The number of benzene rings is 4. The van der Waals surface area contributed by atoms with Crippen LogP contribution in [0.1, 0.15) is 47.3 Å². The highest BCUT2D eigenvalue weighted by Gasteiger charge is 2.46. The number of ether oxygens (including phenoxy) is 2. The molecule has 12 nitrogen and oxygen atoms in total. The van der Waals surface area contributed by atoms with Crippen LogP contribution in [0, 0.1) is 0 Å². The summed E-state index contributed by atoms with van der Waals surface area (Å²) in [5.74, 6) is -7.48. The van der Waals surface area contributed by atoms with Gasteiger partial charge < -0.3 is 60.5 Å². The van der Waals surface area contributed by atoms with Gasteiger partial charge in [-0.2, -0.15) is 0 Å². The smallest absolute Gasteiger partial charge is 0.157 e. The summed E-state index contributed by atoms with van der Waals surface area (Å²) in [4.78, 5) is 0. The molecule has 0 bridgehead atoms. The van der Waals surface area contributed by atoms with E-state index < -0.39 is 81.9 Å². The second-order valence-corrected chi connectivity index (χ2v) is 10.1. The SMILES string of the molecule is [2H][C@@]1(c2c(O)cc(O)c3c2O[C@H](c2ccc(O)c(O)c2)[C@@H](O)C3)c2c(O)cc(O)cc2O[C@H](c2ccc(O)c(O)c2)[C@H]1O. The Hall–Kier alpha value is -5.20. The normalized spacial score (nSPS) is 25.0. The molecule has 0 fully saturated rings. The minimum Gasteiger partial charge on any atom is -0.508 e. The zero-order valence-corrected chi connectivity index (χ0v) is 21.5. The van der Waals surface area contributed by atoms with Crippen molar-refractivity contribution < 1.29 is 61.9 Å². The molecule has 6 rings (SSSR count). The Morgan fingerprint density at radius 3 is 1.81 bits per heavy atom. The lowest BCUT2D eigenvalue weighted by Crippen LogP contribution is -2.36. The molecule has 0 saturated carbocycles. The average molecular weight is 580 g/mol. The van der Waals surface area contributed by atoms with Crippen molar-refractivity contribution in [3.8, 4) is 57.5 Å². The van der Waals surface area contributed by atoms with E-state index in [0.29, 0.717) is 0 Å². The summed E-state index contributed by atoms with van der Waals surface area (Å²) in [6.07, 6.45) is -6.30. The van der Waals surface area contributed by atoms with Crippen molar-refractivity contribution in [3.05, 3.63) is 82.4 Å². The Morgan fingerprint density at radius 2 is 1.19 bits per heavy atom. The fourth-order valence-electron chi connectivity index (χ4n) is 5.48. The Bertz CT molecular complexity index is 1780. The first-order valence-electron chi connectivity index (χ1n) is 13.2. The Balaban J connectivity index is 1.60. The number of aliphatic hydroxyl groups is 2. The first-order valence-corrected chi connectivity index (χ1v) is 12.7. The third-order valence-electron chi connectivity index (χ3n) is 7.44. The number of hydrogen-bond acceptors (Lipinski definition) is 12. The molecule has 2 heterocycles. The third kappa shape index (κ3) is 4.24. The second kappa shape index (κ2) is 9.72. The van der Waals surface area contributed by atoms with Gasteiger partial charge in [-0.1, -0.05) is 12.1 Å². The maximum atomic E-state index is 11.8. The average Bonchev–Trinajstić information content (AvgIpc) is 2.93. The molecule has 4 aromatic carbocycles. The molecule has 0 aliphatic carbocycles. The van der Waals surface area contributed by atoms with E-state index in [0.717, 1.165) is 36.4 Å². The number of aromatic hydroxyl groups is 8. The Morgan fingerprint density at radius 1 is 0.595 bits per heavy atom. The molecule has 4 aromatic rings. The summed E-state index contributed by atoms with van der Waals surface area (Å²) in [6.45, 7) is 0. The third-order valence-corrected chi connectivity index (χ3v) is 7.44. The maximum Gasteiger partial charge on any atom is 0.157 e. The number of phenols is 8. The summed E-state index contributed by atoms with van der Waals surface area (Å²) in [7, 11) is 0. The van der Waals surface area contributed by atoms with Crippen molar-refractivity contribution in [2.24, 2.45) is 0 Å². The quantitative estimate of drug-likeness (QED) is 0.158. The minimum atomic E-state index is -2.56. The summed E-state index contributed by atoms with van der Waals surface area (Å²) in [6, 6.07) is 10.1. The topological polar surface area (TPSA) is 221 Å². The molecule has 12 heteroatoms. The lowest BCUT2D eigenvalue weighted by molar-refractivity contribution is 0.00115. The van der Waals surface area contributed by atoms with Gasteiger partial charge in [-0.3, -0.25) is 0 Å². The van der Waals surface area contributed by atoms with Gasteiger partial charge in [0.15, 0.2) is 29.1 Å². The van der Waals surface area contributed by atoms with Gasteiger partial charge in [0.25, 0.3) is 0 Å². The van der Waals surface area contributed by atoms with Crippen LogP contribution >= 0.6 is 0 Å². The van der Waals surface area contributed by atoms with Crippen molar-refractivity contribution in [1.82, 2.24) is 0 Å². The Kier molecular flexibility index (Phi) is 5.96. The van der Waals surface area contributed by atoms with Crippen molar-refractivity contribution in [3.63, 3.8) is 0 Å². The van der Waals surface area contributed by atoms with Crippen LogP contribution in [0.2, 0.25) is 0 Å². The van der Waals surface area contributed by atoms with E-state index in [-0.39, 0.29) is 40.2 Å². The number of rotatable bonds is 3. The van der Waals surface area contributed by atoms with Gasteiger partial charge in [-0.25, -0.2) is 0 Å². The fourth-order valence-corrected chi connectivity index (χ4v) is 5.48. The molecule has 10 N–H and O–H groups in total. The van der Waals surface area contributed by atoms with Crippen molar-refractivity contribution in [2.75, 3.05) is 0 Å². The first kappa shape index (κ1) is 25.7. The van der Waals surface area contributed by atoms with Crippen LogP contribution in [-0.4, -0.2) is 63.3 Å². The monoisotopic (exact) mass is 579 g/mol. The largest absolute Gasteiger partial charge is 0.508 e. The highest BCUT2D eigenvalue weighted by molar-refractivity contribution is 5.65. The zero-order valence-electron chi connectivity index (χ0n) is 22.5. The second-order valence-electron chi connectivity index (χ2n) is 10.1. The number of phenolic OH excluding ortho intramolecular Hbond substituents is 8. The summed E-state index contributed by atoms with van der Waals surface area (Å²) in [5, 5.41) is 106.